The molecule has 0 aromatic heterocycles. The van der Waals surface area contributed by atoms with Crippen molar-refractivity contribution in [2.75, 3.05) is 13.2 Å². The Morgan fingerprint density at radius 3 is 2.76 bits per heavy atom. The third-order valence-corrected chi connectivity index (χ3v) is 4.26. The fraction of sp³-hybridized carbons (Fsp3) is 0.333. The lowest BCUT2D eigenvalue weighted by molar-refractivity contribution is 0.182. The normalized spacial score (nSPS) is 16.7. The molecule has 92 valence electrons. The van der Waals surface area contributed by atoms with E-state index < -0.39 is 9.84 Å². The summed E-state index contributed by atoms with van der Waals surface area (Å²) in [5, 5.41) is 1.29. The standard InChI is InChI=1S/C12H15NO3S/c1-2-16-7-10-8-17(14,15)12-4-3-9(6-13)5-11(10)12/h3-5,8H,2,6-7,13H2,1H3. The van der Waals surface area contributed by atoms with E-state index in [-0.39, 0.29) is 0 Å². The Hall–Kier alpha value is -1.17. The van der Waals surface area contributed by atoms with Crippen LogP contribution in [-0.4, -0.2) is 21.6 Å². The summed E-state index contributed by atoms with van der Waals surface area (Å²) < 4.78 is 29.0. The van der Waals surface area contributed by atoms with Crippen LogP contribution in [-0.2, 0) is 21.1 Å². The van der Waals surface area contributed by atoms with Crippen molar-refractivity contribution in [3.8, 4) is 0 Å². The maximum atomic E-state index is 11.9. The molecule has 1 aromatic carbocycles. The molecule has 1 aliphatic heterocycles. The molecule has 1 aliphatic rings. The highest BCUT2D eigenvalue weighted by atomic mass is 32.2. The van der Waals surface area contributed by atoms with E-state index in [4.69, 9.17) is 10.5 Å². The molecule has 2 N–H and O–H groups in total. The van der Waals surface area contributed by atoms with Gasteiger partial charge in [-0.3, -0.25) is 0 Å². The second-order valence-corrected chi connectivity index (χ2v) is 5.63. The van der Waals surface area contributed by atoms with E-state index in [0.29, 0.717) is 30.2 Å². The lowest BCUT2D eigenvalue weighted by Crippen LogP contribution is -2.00. The van der Waals surface area contributed by atoms with Gasteiger partial charge in [0.05, 0.1) is 11.5 Å². The van der Waals surface area contributed by atoms with Crippen LogP contribution in [0.2, 0.25) is 0 Å². The number of hydrogen-bond acceptors (Lipinski definition) is 4. The largest absolute Gasteiger partial charge is 0.377 e. The molecule has 2 rings (SSSR count). The maximum absolute atomic E-state index is 11.9. The Morgan fingerprint density at radius 2 is 2.12 bits per heavy atom. The molecular weight excluding hydrogens is 238 g/mol. The second kappa shape index (κ2) is 4.60. The van der Waals surface area contributed by atoms with Gasteiger partial charge < -0.3 is 10.5 Å². The monoisotopic (exact) mass is 253 g/mol. The zero-order valence-electron chi connectivity index (χ0n) is 9.64. The summed E-state index contributed by atoms with van der Waals surface area (Å²) in [7, 11) is -3.29. The van der Waals surface area contributed by atoms with Crippen LogP contribution < -0.4 is 5.73 Å². The van der Waals surface area contributed by atoms with E-state index in [1.165, 1.54) is 5.41 Å². The minimum absolute atomic E-state index is 0.316. The summed E-state index contributed by atoms with van der Waals surface area (Å²) in [6.45, 7) is 3.15. The van der Waals surface area contributed by atoms with Crippen molar-refractivity contribution in [1.82, 2.24) is 0 Å². The summed E-state index contributed by atoms with van der Waals surface area (Å²) in [4.78, 5) is 0.351. The van der Waals surface area contributed by atoms with Gasteiger partial charge in [0, 0.05) is 18.6 Å². The molecule has 5 heteroatoms. The first kappa shape index (κ1) is 12.3. The number of sulfone groups is 1. The molecule has 0 amide bonds. The maximum Gasteiger partial charge on any atom is 0.200 e. The van der Waals surface area contributed by atoms with E-state index in [1.807, 2.05) is 13.0 Å². The van der Waals surface area contributed by atoms with Gasteiger partial charge in [0.15, 0.2) is 0 Å². The van der Waals surface area contributed by atoms with E-state index >= 15 is 0 Å². The molecule has 0 unspecified atom stereocenters. The van der Waals surface area contributed by atoms with Gasteiger partial charge in [0.2, 0.25) is 9.84 Å². The highest BCUT2D eigenvalue weighted by Gasteiger charge is 2.26. The predicted molar refractivity (Wildman–Crippen MR) is 66.0 cm³/mol. The summed E-state index contributed by atoms with van der Waals surface area (Å²) in [5.41, 5.74) is 7.91. The molecule has 0 saturated carbocycles. The smallest absolute Gasteiger partial charge is 0.200 e. The molecule has 1 aromatic rings. The van der Waals surface area contributed by atoms with Gasteiger partial charge in [-0.25, -0.2) is 8.42 Å². The molecule has 0 aliphatic carbocycles. The number of nitrogens with two attached hydrogens (primary N) is 1. The average molecular weight is 253 g/mol. The topological polar surface area (TPSA) is 69.4 Å². The first-order valence-electron chi connectivity index (χ1n) is 5.45. The molecular formula is C12H15NO3S. The second-order valence-electron chi connectivity index (χ2n) is 3.86. The van der Waals surface area contributed by atoms with Gasteiger partial charge >= 0.3 is 0 Å². The lowest BCUT2D eigenvalue weighted by atomic mass is 10.1. The molecule has 0 bridgehead atoms. The van der Waals surface area contributed by atoms with Crippen LogP contribution in [0.15, 0.2) is 28.5 Å². The fourth-order valence-corrected chi connectivity index (χ4v) is 3.29. The van der Waals surface area contributed by atoms with Gasteiger partial charge in [-0.05, 0) is 35.8 Å². The van der Waals surface area contributed by atoms with E-state index in [9.17, 15) is 8.42 Å². The van der Waals surface area contributed by atoms with E-state index in [2.05, 4.69) is 0 Å². The number of rotatable bonds is 4. The number of fused-ring (bicyclic) bond motifs is 1. The molecule has 17 heavy (non-hydrogen) atoms. The highest BCUT2D eigenvalue weighted by Crippen LogP contribution is 2.34. The SMILES string of the molecule is CCOCC1=CS(=O)(=O)c2ccc(CN)cc21. The summed E-state index contributed by atoms with van der Waals surface area (Å²) in [6.07, 6.45) is 0. The Balaban J connectivity index is 2.47. The van der Waals surface area contributed by atoms with Gasteiger partial charge in [-0.1, -0.05) is 6.07 Å². The zero-order valence-corrected chi connectivity index (χ0v) is 10.5. The Morgan fingerprint density at radius 1 is 1.35 bits per heavy atom. The summed E-state index contributed by atoms with van der Waals surface area (Å²) >= 11 is 0. The van der Waals surface area contributed by atoms with Crippen molar-refractivity contribution in [3.05, 3.63) is 34.7 Å². The average Bonchev–Trinajstić information content (AvgIpc) is 2.58. The van der Waals surface area contributed by atoms with Crippen molar-refractivity contribution in [1.29, 1.82) is 0 Å². The van der Waals surface area contributed by atoms with E-state index in [1.54, 1.807) is 12.1 Å². The van der Waals surface area contributed by atoms with Gasteiger partial charge in [0.25, 0.3) is 0 Å². The number of benzene rings is 1. The third-order valence-electron chi connectivity index (χ3n) is 2.69. The van der Waals surface area contributed by atoms with Crippen LogP contribution in [0.1, 0.15) is 18.1 Å². The molecule has 0 atom stereocenters. The molecule has 1 heterocycles. The van der Waals surface area contributed by atoms with Gasteiger partial charge in [0.1, 0.15) is 0 Å². The van der Waals surface area contributed by atoms with E-state index in [0.717, 1.165) is 11.1 Å². The Labute approximate surface area is 101 Å². The Bertz CT molecular complexity index is 561. The summed E-state index contributed by atoms with van der Waals surface area (Å²) in [5.74, 6) is 0. The molecule has 0 fully saturated rings. The first-order chi connectivity index (χ1) is 8.08. The third kappa shape index (κ3) is 2.26. The van der Waals surface area contributed by atoms with Gasteiger partial charge in [-0.15, -0.1) is 0 Å². The molecule has 4 nitrogen and oxygen atoms in total. The first-order valence-corrected chi connectivity index (χ1v) is 7.00. The molecule has 0 spiro atoms. The molecule has 0 saturated heterocycles. The van der Waals surface area contributed by atoms with Gasteiger partial charge in [-0.2, -0.15) is 0 Å². The van der Waals surface area contributed by atoms with Crippen LogP contribution in [0.3, 0.4) is 0 Å². The van der Waals surface area contributed by atoms with Crippen LogP contribution in [0.5, 0.6) is 0 Å². The van der Waals surface area contributed by atoms with Crippen LogP contribution in [0.4, 0.5) is 0 Å². The van der Waals surface area contributed by atoms with Crippen molar-refractivity contribution in [2.45, 2.75) is 18.4 Å². The highest BCUT2D eigenvalue weighted by molar-refractivity contribution is 7.95. The minimum Gasteiger partial charge on any atom is -0.377 e. The Kier molecular flexibility index (Phi) is 3.33. The minimum atomic E-state index is -3.29. The van der Waals surface area contributed by atoms with Crippen molar-refractivity contribution < 1.29 is 13.2 Å². The fourth-order valence-electron chi connectivity index (χ4n) is 1.84. The van der Waals surface area contributed by atoms with Crippen molar-refractivity contribution in [2.24, 2.45) is 5.73 Å². The molecule has 0 radical (unpaired) electrons. The lowest BCUT2D eigenvalue weighted by Gasteiger charge is -2.06. The van der Waals surface area contributed by atoms with Crippen LogP contribution in [0.25, 0.3) is 5.57 Å². The number of ether oxygens (including phenoxy) is 1. The number of hydrogen-bond donors (Lipinski definition) is 1. The van der Waals surface area contributed by atoms with Crippen LogP contribution in [0, 0.1) is 0 Å². The van der Waals surface area contributed by atoms with Crippen LogP contribution >= 0.6 is 0 Å². The van der Waals surface area contributed by atoms with Crippen molar-refractivity contribution in [3.63, 3.8) is 0 Å². The predicted octanol–water partition coefficient (Wildman–Crippen LogP) is 1.31. The quantitative estimate of drug-likeness (QED) is 0.878. The van der Waals surface area contributed by atoms with Crippen molar-refractivity contribution >= 4 is 15.4 Å². The zero-order chi connectivity index (χ0) is 12.5. The summed E-state index contributed by atoms with van der Waals surface area (Å²) in [6, 6.07) is 5.18.